The molecule has 3 rings (SSSR count). The predicted octanol–water partition coefficient (Wildman–Crippen LogP) is 4.47. The molecule has 0 atom stereocenters. The number of benzene rings is 2. The number of carbonyl (C=O) groups is 1. The van der Waals surface area contributed by atoms with E-state index in [2.05, 4.69) is 29.4 Å². The van der Waals surface area contributed by atoms with Gasteiger partial charge in [-0.15, -0.1) is 0 Å². The summed E-state index contributed by atoms with van der Waals surface area (Å²) >= 11 is 1.51. The van der Waals surface area contributed by atoms with Gasteiger partial charge in [-0.1, -0.05) is 35.1 Å². The lowest BCUT2D eigenvalue weighted by Gasteiger charge is -2.02. The van der Waals surface area contributed by atoms with Crippen LogP contribution in [-0.4, -0.2) is 10.9 Å². The lowest BCUT2D eigenvalue weighted by molar-refractivity contribution is 0.102. The minimum Gasteiger partial charge on any atom is -0.298 e. The van der Waals surface area contributed by atoms with E-state index in [1.165, 1.54) is 16.9 Å². The van der Waals surface area contributed by atoms with E-state index in [-0.39, 0.29) is 5.91 Å². The van der Waals surface area contributed by atoms with Crippen molar-refractivity contribution in [1.82, 2.24) is 4.98 Å². The molecule has 1 N–H and O–H groups in total. The van der Waals surface area contributed by atoms with Crippen molar-refractivity contribution in [2.75, 3.05) is 5.32 Å². The molecule has 21 heavy (non-hydrogen) atoms. The molecule has 0 aliphatic heterocycles. The van der Waals surface area contributed by atoms with Gasteiger partial charge in [0.15, 0.2) is 5.13 Å². The second kappa shape index (κ2) is 5.30. The van der Waals surface area contributed by atoms with Gasteiger partial charge >= 0.3 is 0 Å². The van der Waals surface area contributed by atoms with Gasteiger partial charge in [0, 0.05) is 5.56 Å². The highest BCUT2D eigenvalue weighted by atomic mass is 32.1. The fourth-order valence-electron chi connectivity index (χ4n) is 2.38. The Morgan fingerprint density at radius 2 is 1.90 bits per heavy atom. The fourth-order valence-corrected chi connectivity index (χ4v) is 3.42. The van der Waals surface area contributed by atoms with Gasteiger partial charge in [-0.05, 0) is 50.1 Å². The number of rotatable bonds is 2. The van der Waals surface area contributed by atoms with E-state index in [0.717, 1.165) is 21.3 Å². The highest BCUT2D eigenvalue weighted by Crippen LogP contribution is 2.29. The minimum atomic E-state index is -0.118. The van der Waals surface area contributed by atoms with Crippen molar-refractivity contribution in [2.45, 2.75) is 20.8 Å². The van der Waals surface area contributed by atoms with Crippen molar-refractivity contribution >= 4 is 32.6 Å². The van der Waals surface area contributed by atoms with Crippen LogP contribution >= 0.6 is 11.3 Å². The number of anilines is 1. The minimum absolute atomic E-state index is 0.118. The van der Waals surface area contributed by atoms with Crippen LogP contribution in [0.15, 0.2) is 36.4 Å². The van der Waals surface area contributed by atoms with Crippen LogP contribution in [-0.2, 0) is 0 Å². The van der Waals surface area contributed by atoms with E-state index in [0.29, 0.717) is 10.7 Å². The number of fused-ring (bicyclic) bond motifs is 1. The highest BCUT2D eigenvalue weighted by Gasteiger charge is 2.11. The molecule has 0 unspecified atom stereocenters. The topological polar surface area (TPSA) is 42.0 Å². The Morgan fingerprint density at radius 3 is 2.67 bits per heavy atom. The van der Waals surface area contributed by atoms with E-state index < -0.39 is 0 Å². The third-order valence-electron chi connectivity index (χ3n) is 3.33. The molecule has 0 radical (unpaired) electrons. The maximum Gasteiger partial charge on any atom is 0.257 e. The second-order valence-electron chi connectivity index (χ2n) is 5.27. The number of carbonyl (C=O) groups excluding carboxylic acids is 1. The number of nitrogens with zero attached hydrogens (tertiary/aromatic N) is 1. The Hall–Kier alpha value is -2.20. The number of aromatic nitrogens is 1. The summed E-state index contributed by atoms with van der Waals surface area (Å²) in [4.78, 5) is 16.8. The quantitative estimate of drug-likeness (QED) is 0.758. The Balaban J connectivity index is 1.91. The number of amides is 1. The molecule has 3 aromatic rings. The van der Waals surface area contributed by atoms with Crippen molar-refractivity contribution < 1.29 is 4.79 Å². The Labute approximate surface area is 127 Å². The van der Waals surface area contributed by atoms with Crippen LogP contribution in [0.3, 0.4) is 0 Å². The van der Waals surface area contributed by atoms with Gasteiger partial charge in [-0.25, -0.2) is 4.98 Å². The molecule has 4 heteroatoms. The molecule has 106 valence electrons. The summed E-state index contributed by atoms with van der Waals surface area (Å²) in [6.45, 7) is 6.08. The van der Waals surface area contributed by atoms with E-state index in [9.17, 15) is 4.79 Å². The van der Waals surface area contributed by atoms with Gasteiger partial charge in [-0.2, -0.15) is 0 Å². The SMILES string of the molecule is Cc1cccc(C(=O)Nc2nc3c(C)cc(C)cc3s2)c1. The summed E-state index contributed by atoms with van der Waals surface area (Å²) in [5, 5.41) is 3.53. The first-order valence-electron chi connectivity index (χ1n) is 6.79. The summed E-state index contributed by atoms with van der Waals surface area (Å²) in [5.41, 5.74) is 5.03. The number of hydrogen-bond acceptors (Lipinski definition) is 3. The number of aryl methyl sites for hydroxylation is 3. The number of hydrogen-bond donors (Lipinski definition) is 1. The van der Waals surface area contributed by atoms with Crippen LogP contribution in [0.2, 0.25) is 0 Å². The van der Waals surface area contributed by atoms with Gasteiger partial charge in [0.2, 0.25) is 0 Å². The van der Waals surface area contributed by atoms with Crippen molar-refractivity contribution in [2.24, 2.45) is 0 Å². The summed E-state index contributed by atoms with van der Waals surface area (Å²) < 4.78 is 1.10. The first-order valence-corrected chi connectivity index (χ1v) is 7.60. The van der Waals surface area contributed by atoms with Gasteiger partial charge < -0.3 is 0 Å². The summed E-state index contributed by atoms with van der Waals surface area (Å²) in [7, 11) is 0. The Kier molecular flexibility index (Phi) is 3.47. The average molecular weight is 296 g/mol. The standard InChI is InChI=1S/C17H16N2OS/c1-10-5-4-6-13(8-10)16(20)19-17-18-15-12(3)7-11(2)9-14(15)21-17/h4-9H,1-3H3,(H,18,19,20). The molecule has 3 nitrogen and oxygen atoms in total. The summed E-state index contributed by atoms with van der Waals surface area (Å²) in [6, 6.07) is 11.7. The van der Waals surface area contributed by atoms with Gasteiger partial charge in [0.25, 0.3) is 5.91 Å². The van der Waals surface area contributed by atoms with Crippen LogP contribution in [0.25, 0.3) is 10.2 Å². The molecule has 1 aromatic heterocycles. The first kappa shape index (κ1) is 13.8. The normalized spacial score (nSPS) is 10.8. The third kappa shape index (κ3) is 2.81. The van der Waals surface area contributed by atoms with E-state index in [1.54, 1.807) is 0 Å². The zero-order valence-electron chi connectivity index (χ0n) is 12.2. The molecule has 0 spiro atoms. The van der Waals surface area contributed by atoms with Crippen molar-refractivity contribution in [3.05, 3.63) is 58.7 Å². The fraction of sp³-hybridized carbons (Fsp3) is 0.176. The van der Waals surface area contributed by atoms with E-state index in [4.69, 9.17) is 0 Å². The largest absolute Gasteiger partial charge is 0.298 e. The smallest absolute Gasteiger partial charge is 0.257 e. The molecule has 2 aromatic carbocycles. The third-order valence-corrected chi connectivity index (χ3v) is 4.25. The van der Waals surface area contributed by atoms with Gasteiger partial charge in [0.1, 0.15) is 0 Å². The molecule has 0 aliphatic rings. The monoisotopic (exact) mass is 296 g/mol. The Morgan fingerprint density at radius 1 is 1.10 bits per heavy atom. The molecule has 0 saturated carbocycles. The van der Waals surface area contributed by atoms with Crippen LogP contribution < -0.4 is 5.32 Å². The molecule has 0 fully saturated rings. The molecule has 0 aliphatic carbocycles. The van der Waals surface area contributed by atoms with E-state index in [1.807, 2.05) is 38.1 Å². The molecular formula is C17H16N2OS. The van der Waals surface area contributed by atoms with Crippen LogP contribution in [0.4, 0.5) is 5.13 Å². The van der Waals surface area contributed by atoms with Crippen molar-refractivity contribution in [3.8, 4) is 0 Å². The Bertz CT molecular complexity index is 836. The maximum atomic E-state index is 12.3. The van der Waals surface area contributed by atoms with Crippen LogP contribution in [0.1, 0.15) is 27.0 Å². The molecule has 1 heterocycles. The molecule has 0 saturated heterocycles. The predicted molar refractivity (Wildman–Crippen MR) is 88.2 cm³/mol. The van der Waals surface area contributed by atoms with E-state index >= 15 is 0 Å². The maximum absolute atomic E-state index is 12.3. The summed E-state index contributed by atoms with van der Waals surface area (Å²) in [5.74, 6) is -0.118. The van der Waals surface area contributed by atoms with Crippen LogP contribution in [0, 0.1) is 20.8 Å². The summed E-state index contributed by atoms with van der Waals surface area (Å²) in [6.07, 6.45) is 0. The molecule has 1 amide bonds. The van der Waals surface area contributed by atoms with Crippen molar-refractivity contribution in [3.63, 3.8) is 0 Å². The second-order valence-corrected chi connectivity index (χ2v) is 6.30. The van der Waals surface area contributed by atoms with Gasteiger partial charge in [-0.3, -0.25) is 10.1 Å². The van der Waals surface area contributed by atoms with Crippen molar-refractivity contribution in [1.29, 1.82) is 0 Å². The van der Waals surface area contributed by atoms with Crippen LogP contribution in [0.5, 0.6) is 0 Å². The average Bonchev–Trinajstić information content (AvgIpc) is 2.81. The zero-order chi connectivity index (χ0) is 15.0. The lowest BCUT2D eigenvalue weighted by atomic mass is 10.1. The zero-order valence-corrected chi connectivity index (χ0v) is 13.0. The highest BCUT2D eigenvalue weighted by molar-refractivity contribution is 7.22. The first-order chi connectivity index (χ1) is 10.0. The molecule has 0 bridgehead atoms. The number of thiazole rings is 1. The van der Waals surface area contributed by atoms with Gasteiger partial charge in [0.05, 0.1) is 10.2 Å². The molecular weight excluding hydrogens is 280 g/mol. The number of nitrogens with one attached hydrogen (secondary N) is 1. The lowest BCUT2D eigenvalue weighted by Crippen LogP contribution is -2.11.